The lowest BCUT2D eigenvalue weighted by Gasteiger charge is -2.22. The zero-order chi connectivity index (χ0) is 15.3. The summed E-state index contributed by atoms with van der Waals surface area (Å²) in [5.41, 5.74) is 0.906. The van der Waals surface area contributed by atoms with E-state index in [4.69, 9.17) is 0 Å². The fraction of sp³-hybridized carbons (Fsp3) is 0.625. The first-order valence-electron chi connectivity index (χ1n) is 7.79. The quantitative estimate of drug-likeness (QED) is 0.926. The third-order valence-corrected chi connectivity index (χ3v) is 5.90. The fourth-order valence-corrected chi connectivity index (χ4v) is 3.74. The van der Waals surface area contributed by atoms with Gasteiger partial charge in [0.2, 0.25) is 10.0 Å². The standard InChI is InChI=1S/C16H26N2O2S/c1-18(2)21(19,20)16-12-8-11-15(13-16)17-14-9-6-4-3-5-7-10-14/h8,11-14,17H,3-7,9-10H2,1-2H3. The summed E-state index contributed by atoms with van der Waals surface area (Å²) in [7, 11) is -0.240. The highest BCUT2D eigenvalue weighted by Crippen LogP contribution is 2.23. The molecule has 21 heavy (non-hydrogen) atoms. The third-order valence-electron chi connectivity index (χ3n) is 4.09. The molecule has 0 atom stereocenters. The highest BCUT2D eigenvalue weighted by Gasteiger charge is 2.18. The van der Waals surface area contributed by atoms with E-state index in [0.717, 1.165) is 5.69 Å². The number of hydrogen-bond donors (Lipinski definition) is 1. The van der Waals surface area contributed by atoms with Gasteiger partial charge < -0.3 is 5.32 Å². The highest BCUT2D eigenvalue weighted by atomic mass is 32.2. The molecule has 0 amide bonds. The van der Waals surface area contributed by atoms with Crippen molar-refractivity contribution >= 4 is 15.7 Å². The van der Waals surface area contributed by atoms with Gasteiger partial charge in [-0.1, -0.05) is 38.2 Å². The first-order valence-corrected chi connectivity index (χ1v) is 9.23. The molecule has 118 valence electrons. The van der Waals surface area contributed by atoms with E-state index in [0.29, 0.717) is 10.9 Å². The van der Waals surface area contributed by atoms with Crippen LogP contribution in [0.2, 0.25) is 0 Å². The van der Waals surface area contributed by atoms with Gasteiger partial charge in [-0.15, -0.1) is 0 Å². The minimum atomic E-state index is -3.36. The van der Waals surface area contributed by atoms with Crippen molar-refractivity contribution in [3.8, 4) is 0 Å². The van der Waals surface area contributed by atoms with Crippen LogP contribution in [0.5, 0.6) is 0 Å². The molecule has 1 aromatic rings. The Labute approximate surface area is 128 Å². The molecule has 0 heterocycles. The van der Waals surface area contributed by atoms with E-state index in [9.17, 15) is 8.42 Å². The molecule has 1 saturated carbocycles. The molecule has 5 heteroatoms. The maximum absolute atomic E-state index is 12.2. The van der Waals surface area contributed by atoms with Crippen molar-refractivity contribution in [3.63, 3.8) is 0 Å². The van der Waals surface area contributed by atoms with Crippen LogP contribution in [0.1, 0.15) is 44.9 Å². The smallest absolute Gasteiger partial charge is 0.242 e. The van der Waals surface area contributed by atoms with Crippen molar-refractivity contribution < 1.29 is 8.42 Å². The van der Waals surface area contributed by atoms with E-state index in [1.807, 2.05) is 12.1 Å². The van der Waals surface area contributed by atoms with Crippen LogP contribution in [0.4, 0.5) is 5.69 Å². The van der Waals surface area contributed by atoms with E-state index in [-0.39, 0.29) is 0 Å². The predicted octanol–water partition coefficient (Wildman–Crippen LogP) is 3.46. The molecule has 0 unspecified atom stereocenters. The normalized spacial score (nSPS) is 18.2. The summed E-state index contributed by atoms with van der Waals surface area (Å²) >= 11 is 0. The first-order chi connectivity index (χ1) is 10.00. The van der Waals surface area contributed by atoms with Gasteiger partial charge in [0, 0.05) is 25.8 Å². The van der Waals surface area contributed by atoms with Crippen LogP contribution >= 0.6 is 0 Å². The molecule has 1 N–H and O–H groups in total. The molecule has 1 aliphatic carbocycles. The Morgan fingerprint density at radius 2 is 1.67 bits per heavy atom. The van der Waals surface area contributed by atoms with E-state index < -0.39 is 10.0 Å². The average molecular weight is 310 g/mol. The monoisotopic (exact) mass is 310 g/mol. The lowest BCUT2D eigenvalue weighted by molar-refractivity contribution is 0.471. The molecule has 1 aromatic carbocycles. The Kier molecular flexibility index (Phi) is 5.65. The second-order valence-corrected chi connectivity index (χ2v) is 8.15. The van der Waals surface area contributed by atoms with Crippen molar-refractivity contribution in [1.82, 2.24) is 4.31 Å². The van der Waals surface area contributed by atoms with Gasteiger partial charge >= 0.3 is 0 Å². The Morgan fingerprint density at radius 3 is 2.29 bits per heavy atom. The number of nitrogens with one attached hydrogen (secondary N) is 1. The van der Waals surface area contributed by atoms with E-state index in [1.54, 1.807) is 26.2 Å². The summed E-state index contributed by atoms with van der Waals surface area (Å²) in [5.74, 6) is 0. The average Bonchev–Trinajstić information content (AvgIpc) is 2.42. The van der Waals surface area contributed by atoms with Gasteiger partial charge in [0.1, 0.15) is 0 Å². The van der Waals surface area contributed by atoms with Crippen molar-refractivity contribution in [2.24, 2.45) is 0 Å². The third kappa shape index (κ3) is 4.45. The summed E-state index contributed by atoms with van der Waals surface area (Å²) in [6.07, 6.45) is 8.83. The maximum Gasteiger partial charge on any atom is 0.242 e. The van der Waals surface area contributed by atoms with Gasteiger partial charge in [0.25, 0.3) is 0 Å². The number of hydrogen-bond acceptors (Lipinski definition) is 3. The fourth-order valence-electron chi connectivity index (χ4n) is 2.79. The summed E-state index contributed by atoms with van der Waals surface area (Å²) in [6.45, 7) is 0. The summed E-state index contributed by atoms with van der Waals surface area (Å²) in [4.78, 5) is 0.350. The van der Waals surface area contributed by atoms with Crippen LogP contribution in [0.3, 0.4) is 0 Å². The van der Waals surface area contributed by atoms with Gasteiger partial charge in [0.05, 0.1) is 4.90 Å². The highest BCUT2D eigenvalue weighted by molar-refractivity contribution is 7.89. The first kappa shape index (κ1) is 16.3. The Hall–Kier alpha value is -1.07. The summed E-state index contributed by atoms with van der Waals surface area (Å²) < 4.78 is 25.6. The molecule has 1 fully saturated rings. The Morgan fingerprint density at radius 1 is 1.05 bits per heavy atom. The molecule has 1 aliphatic rings. The minimum absolute atomic E-state index is 0.350. The molecule has 0 radical (unpaired) electrons. The molecule has 0 saturated heterocycles. The Bertz CT molecular complexity index is 547. The second-order valence-electron chi connectivity index (χ2n) is 6.00. The van der Waals surface area contributed by atoms with Crippen LogP contribution < -0.4 is 5.32 Å². The summed E-state index contributed by atoms with van der Waals surface area (Å²) in [6, 6.07) is 7.62. The molecule has 4 nitrogen and oxygen atoms in total. The van der Waals surface area contributed by atoms with E-state index in [1.165, 1.54) is 49.3 Å². The van der Waals surface area contributed by atoms with Crippen LogP contribution in [0.25, 0.3) is 0 Å². The molecule has 0 aromatic heterocycles. The zero-order valence-electron chi connectivity index (χ0n) is 13.0. The lowest BCUT2D eigenvalue weighted by atomic mass is 9.96. The zero-order valence-corrected chi connectivity index (χ0v) is 13.8. The number of benzene rings is 1. The second kappa shape index (κ2) is 7.27. The number of sulfonamides is 1. The van der Waals surface area contributed by atoms with Gasteiger partial charge in [-0.3, -0.25) is 0 Å². The SMILES string of the molecule is CN(C)S(=O)(=O)c1cccc(NC2CCCCCCC2)c1. The summed E-state index contributed by atoms with van der Waals surface area (Å²) in [5, 5.41) is 3.52. The van der Waals surface area contributed by atoms with Gasteiger partial charge in [-0.2, -0.15) is 0 Å². The topological polar surface area (TPSA) is 49.4 Å². The molecule has 2 rings (SSSR count). The van der Waals surface area contributed by atoms with Gasteiger partial charge in [-0.25, -0.2) is 12.7 Å². The van der Waals surface area contributed by atoms with Crippen LogP contribution in [0.15, 0.2) is 29.2 Å². The largest absolute Gasteiger partial charge is 0.382 e. The molecular weight excluding hydrogens is 284 g/mol. The Balaban J connectivity index is 2.10. The van der Waals surface area contributed by atoms with E-state index in [2.05, 4.69) is 5.32 Å². The van der Waals surface area contributed by atoms with Crippen molar-refractivity contribution in [2.45, 2.75) is 55.9 Å². The van der Waals surface area contributed by atoms with Crippen molar-refractivity contribution in [3.05, 3.63) is 24.3 Å². The molecular formula is C16H26N2O2S. The number of anilines is 1. The van der Waals surface area contributed by atoms with Gasteiger partial charge in [-0.05, 0) is 31.0 Å². The molecule has 0 spiro atoms. The van der Waals surface area contributed by atoms with Crippen LogP contribution in [0, 0.1) is 0 Å². The number of rotatable bonds is 4. The van der Waals surface area contributed by atoms with Crippen LogP contribution in [-0.2, 0) is 10.0 Å². The lowest BCUT2D eigenvalue weighted by Crippen LogP contribution is -2.23. The van der Waals surface area contributed by atoms with E-state index >= 15 is 0 Å². The number of nitrogens with zero attached hydrogens (tertiary/aromatic N) is 1. The van der Waals surface area contributed by atoms with Crippen molar-refractivity contribution in [1.29, 1.82) is 0 Å². The minimum Gasteiger partial charge on any atom is -0.382 e. The van der Waals surface area contributed by atoms with Gasteiger partial charge in [0.15, 0.2) is 0 Å². The van der Waals surface area contributed by atoms with Crippen molar-refractivity contribution in [2.75, 3.05) is 19.4 Å². The predicted molar refractivity (Wildman–Crippen MR) is 87.0 cm³/mol. The maximum atomic E-state index is 12.2. The molecule has 0 aliphatic heterocycles. The molecule has 0 bridgehead atoms. The van der Waals surface area contributed by atoms with Crippen LogP contribution in [-0.4, -0.2) is 32.9 Å².